The van der Waals surface area contributed by atoms with Crippen LogP contribution in [-0.2, 0) is 14.3 Å². The Hall–Kier alpha value is -2.61. The summed E-state index contributed by atoms with van der Waals surface area (Å²) in [7, 11) is 3.43. The van der Waals surface area contributed by atoms with E-state index < -0.39 is 5.97 Å². The van der Waals surface area contributed by atoms with Crippen molar-refractivity contribution < 1.29 is 24.2 Å². The van der Waals surface area contributed by atoms with Crippen LogP contribution < -0.4 is 0 Å². The van der Waals surface area contributed by atoms with Gasteiger partial charge in [-0.3, -0.25) is 14.5 Å². The molecule has 1 N–H and O–H groups in total. The molecule has 8 heteroatoms. The quantitative estimate of drug-likeness (QED) is 0.739. The van der Waals surface area contributed by atoms with Gasteiger partial charge in [-0.2, -0.15) is 0 Å². The number of likely N-dealkylation sites (N-methyl/N-ethyl adjacent to an activating group) is 1. The van der Waals surface area contributed by atoms with Gasteiger partial charge in [-0.15, -0.1) is 0 Å². The molecule has 1 saturated heterocycles. The van der Waals surface area contributed by atoms with Crippen molar-refractivity contribution in [2.24, 2.45) is 0 Å². The highest BCUT2D eigenvalue weighted by Crippen LogP contribution is 2.11. The molecule has 0 bridgehead atoms. The molecular formula is C17H23N3O5. The van der Waals surface area contributed by atoms with Gasteiger partial charge in [-0.25, -0.2) is 4.79 Å². The first-order valence-electron chi connectivity index (χ1n) is 8.03. The number of rotatable bonds is 5. The number of carbonyl (C=O) groups excluding carboxylic acids is 3. The largest absolute Gasteiger partial charge is 0.508 e. The lowest BCUT2D eigenvalue weighted by molar-refractivity contribution is -0.137. The summed E-state index contributed by atoms with van der Waals surface area (Å²) in [4.78, 5) is 40.8. The maximum atomic E-state index is 12.1. The van der Waals surface area contributed by atoms with Gasteiger partial charge in [0.1, 0.15) is 5.75 Å². The smallest absolute Gasteiger partial charge is 0.338 e. The lowest BCUT2D eigenvalue weighted by Crippen LogP contribution is -2.51. The van der Waals surface area contributed by atoms with Crippen molar-refractivity contribution in [3.8, 4) is 5.75 Å². The zero-order valence-electron chi connectivity index (χ0n) is 14.5. The van der Waals surface area contributed by atoms with E-state index in [0.717, 1.165) is 0 Å². The van der Waals surface area contributed by atoms with Gasteiger partial charge in [0, 0.05) is 40.3 Å². The second-order valence-electron chi connectivity index (χ2n) is 6.07. The summed E-state index contributed by atoms with van der Waals surface area (Å²) in [6, 6.07) is 5.63. The molecule has 0 unspecified atom stereocenters. The number of aromatic hydroxyl groups is 1. The first kappa shape index (κ1) is 18.7. The first-order chi connectivity index (χ1) is 11.9. The van der Waals surface area contributed by atoms with Crippen LogP contribution in [0.15, 0.2) is 24.3 Å². The summed E-state index contributed by atoms with van der Waals surface area (Å²) in [5.74, 6) is -0.782. The predicted molar refractivity (Wildman–Crippen MR) is 90.1 cm³/mol. The summed E-state index contributed by atoms with van der Waals surface area (Å²) in [6.07, 6.45) is 0. The van der Waals surface area contributed by atoms with Gasteiger partial charge >= 0.3 is 5.97 Å². The van der Waals surface area contributed by atoms with Gasteiger partial charge in [0.05, 0.1) is 12.1 Å². The minimum atomic E-state index is -0.608. The summed E-state index contributed by atoms with van der Waals surface area (Å²) in [6.45, 7) is 2.22. The van der Waals surface area contributed by atoms with Crippen molar-refractivity contribution in [2.45, 2.75) is 0 Å². The summed E-state index contributed by atoms with van der Waals surface area (Å²) in [5, 5.41) is 9.19. The van der Waals surface area contributed by atoms with E-state index in [1.807, 2.05) is 4.90 Å². The Labute approximate surface area is 146 Å². The molecule has 0 radical (unpaired) electrons. The van der Waals surface area contributed by atoms with E-state index in [0.29, 0.717) is 32.7 Å². The van der Waals surface area contributed by atoms with Gasteiger partial charge in [0.2, 0.25) is 5.91 Å². The number of benzene rings is 1. The monoisotopic (exact) mass is 349 g/mol. The molecule has 1 aliphatic rings. The summed E-state index contributed by atoms with van der Waals surface area (Å²) < 4.78 is 5.02. The summed E-state index contributed by atoms with van der Waals surface area (Å²) >= 11 is 0. The Morgan fingerprint density at radius 2 is 1.68 bits per heavy atom. The lowest BCUT2D eigenvalue weighted by atomic mass is 10.2. The fraction of sp³-hybridized carbons (Fsp3) is 0.471. The highest BCUT2D eigenvalue weighted by Gasteiger charge is 2.23. The molecule has 1 aliphatic heterocycles. The second-order valence-corrected chi connectivity index (χ2v) is 6.07. The molecule has 1 heterocycles. The van der Waals surface area contributed by atoms with E-state index in [1.54, 1.807) is 23.9 Å². The molecule has 8 nitrogen and oxygen atoms in total. The maximum absolute atomic E-state index is 12.1. The Balaban J connectivity index is 1.74. The number of esters is 1. The minimum absolute atomic E-state index is 0.0302. The molecule has 136 valence electrons. The molecule has 0 aromatic heterocycles. The fourth-order valence-corrected chi connectivity index (χ4v) is 2.39. The Morgan fingerprint density at radius 3 is 2.24 bits per heavy atom. The molecule has 0 aliphatic carbocycles. The number of carbonyl (C=O) groups is 3. The third kappa shape index (κ3) is 5.46. The number of amides is 2. The number of nitrogens with zero attached hydrogens (tertiary/aromatic N) is 3. The predicted octanol–water partition coefficient (Wildman–Crippen LogP) is -0.219. The zero-order chi connectivity index (χ0) is 18.4. The number of phenols is 1. The SMILES string of the molecule is CN(C)C(=O)CN1CCN(C(=O)COC(=O)c2ccc(O)cc2)CC1. The molecular weight excluding hydrogens is 326 g/mol. The molecule has 0 saturated carbocycles. The fourth-order valence-electron chi connectivity index (χ4n) is 2.39. The highest BCUT2D eigenvalue weighted by molar-refractivity contribution is 5.91. The van der Waals surface area contributed by atoms with Crippen molar-refractivity contribution in [2.75, 3.05) is 53.4 Å². The Kier molecular flexibility index (Phi) is 6.35. The second kappa shape index (κ2) is 8.48. The van der Waals surface area contributed by atoms with Gasteiger partial charge in [0.25, 0.3) is 5.91 Å². The summed E-state index contributed by atoms with van der Waals surface area (Å²) in [5.41, 5.74) is 0.276. The Morgan fingerprint density at radius 1 is 1.08 bits per heavy atom. The number of hydrogen-bond donors (Lipinski definition) is 1. The van der Waals surface area contributed by atoms with Crippen molar-refractivity contribution in [3.05, 3.63) is 29.8 Å². The zero-order valence-corrected chi connectivity index (χ0v) is 14.5. The normalized spacial score (nSPS) is 14.9. The number of hydrogen-bond acceptors (Lipinski definition) is 6. The lowest BCUT2D eigenvalue weighted by Gasteiger charge is -2.34. The molecule has 0 atom stereocenters. The molecule has 25 heavy (non-hydrogen) atoms. The van der Waals surface area contributed by atoms with Crippen LogP contribution in [0.25, 0.3) is 0 Å². The van der Waals surface area contributed by atoms with Crippen molar-refractivity contribution in [1.29, 1.82) is 0 Å². The molecule has 2 amide bonds. The molecule has 1 aromatic rings. The molecule has 0 spiro atoms. The van der Waals surface area contributed by atoms with Crippen LogP contribution in [0.3, 0.4) is 0 Å². The van der Waals surface area contributed by atoms with Crippen LogP contribution in [0.2, 0.25) is 0 Å². The molecule has 2 rings (SSSR count). The van der Waals surface area contributed by atoms with Crippen molar-refractivity contribution in [1.82, 2.24) is 14.7 Å². The van der Waals surface area contributed by atoms with Gasteiger partial charge < -0.3 is 19.6 Å². The average Bonchev–Trinajstić information content (AvgIpc) is 2.60. The molecule has 1 aromatic carbocycles. The standard InChI is InChI=1S/C17H23N3O5/c1-18(2)15(22)11-19-7-9-20(10-8-19)16(23)12-25-17(24)13-3-5-14(21)6-4-13/h3-6,21H,7-12H2,1-2H3. The van der Waals surface area contributed by atoms with Crippen molar-refractivity contribution in [3.63, 3.8) is 0 Å². The molecule has 1 fully saturated rings. The highest BCUT2D eigenvalue weighted by atomic mass is 16.5. The Bertz CT molecular complexity index is 622. The van der Waals surface area contributed by atoms with Crippen LogP contribution in [0.5, 0.6) is 5.75 Å². The maximum Gasteiger partial charge on any atom is 0.338 e. The van der Waals surface area contributed by atoms with E-state index in [-0.39, 0.29) is 29.7 Å². The van der Waals surface area contributed by atoms with E-state index >= 15 is 0 Å². The number of phenolic OH excluding ortho intramolecular Hbond substituents is 1. The van der Waals surface area contributed by atoms with Crippen LogP contribution in [0, 0.1) is 0 Å². The van der Waals surface area contributed by atoms with Gasteiger partial charge in [0.15, 0.2) is 6.61 Å². The van der Waals surface area contributed by atoms with Crippen LogP contribution in [0.1, 0.15) is 10.4 Å². The van der Waals surface area contributed by atoms with E-state index in [4.69, 9.17) is 4.74 Å². The first-order valence-corrected chi connectivity index (χ1v) is 8.03. The van der Waals surface area contributed by atoms with Gasteiger partial charge in [-0.05, 0) is 24.3 Å². The number of ether oxygens (including phenoxy) is 1. The van der Waals surface area contributed by atoms with E-state index in [9.17, 15) is 19.5 Å². The minimum Gasteiger partial charge on any atom is -0.508 e. The van der Waals surface area contributed by atoms with E-state index in [1.165, 1.54) is 24.3 Å². The third-order valence-electron chi connectivity index (χ3n) is 4.01. The topological polar surface area (TPSA) is 90.4 Å². The van der Waals surface area contributed by atoms with Crippen LogP contribution in [0.4, 0.5) is 0 Å². The number of piperazine rings is 1. The van der Waals surface area contributed by atoms with Gasteiger partial charge in [-0.1, -0.05) is 0 Å². The third-order valence-corrected chi connectivity index (χ3v) is 4.01. The van der Waals surface area contributed by atoms with Crippen LogP contribution in [-0.4, -0.2) is 91.0 Å². The van der Waals surface area contributed by atoms with Crippen LogP contribution >= 0.6 is 0 Å². The van der Waals surface area contributed by atoms with E-state index in [2.05, 4.69) is 0 Å². The van der Waals surface area contributed by atoms with Crippen molar-refractivity contribution >= 4 is 17.8 Å². The average molecular weight is 349 g/mol.